The van der Waals surface area contributed by atoms with E-state index < -0.39 is 11.9 Å². The second kappa shape index (κ2) is 7.84. The molecular formula is C19H15ClN2O4. The largest absolute Gasteiger partial charge is 0.462 e. The van der Waals surface area contributed by atoms with Gasteiger partial charge in [-0.25, -0.2) is 4.79 Å². The first-order valence-corrected chi connectivity index (χ1v) is 8.26. The van der Waals surface area contributed by atoms with Crippen LogP contribution in [0.15, 0.2) is 59.1 Å². The maximum atomic E-state index is 12.3. The van der Waals surface area contributed by atoms with E-state index in [4.69, 9.17) is 20.9 Å². The summed E-state index contributed by atoms with van der Waals surface area (Å²) in [6.07, 6.45) is 0. The van der Waals surface area contributed by atoms with Gasteiger partial charge in [0.2, 0.25) is 0 Å². The van der Waals surface area contributed by atoms with Crippen molar-refractivity contribution in [3.8, 4) is 11.3 Å². The van der Waals surface area contributed by atoms with Gasteiger partial charge in [-0.3, -0.25) is 4.79 Å². The predicted molar refractivity (Wildman–Crippen MR) is 97.3 cm³/mol. The summed E-state index contributed by atoms with van der Waals surface area (Å²) in [5.74, 6) is -0.364. The maximum absolute atomic E-state index is 12.3. The van der Waals surface area contributed by atoms with E-state index in [2.05, 4.69) is 10.5 Å². The fraction of sp³-hybridized carbons (Fsp3) is 0.105. The smallest absolute Gasteiger partial charge is 0.338 e. The molecule has 1 N–H and O–H groups in total. The molecule has 132 valence electrons. The van der Waals surface area contributed by atoms with Crippen LogP contribution in [0.5, 0.6) is 0 Å². The van der Waals surface area contributed by atoms with Crippen LogP contribution in [-0.4, -0.2) is 23.6 Å². The third-order valence-corrected chi connectivity index (χ3v) is 3.78. The van der Waals surface area contributed by atoms with E-state index in [1.165, 1.54) is 0 Å². The number of carbonyl (C=O) groups is 2. The Balaban J connectivity index is 1.68. The van der Waals surface area contributed by atoms with Gasteiger partial charge in [0.25, 0.3) is 5.91 Å². The highest BCUT2D eigenvalue weighted by Gasteiger charge is 2.14. The van der Waals surface area contributed by atoms with Crippen molar-refractivity contribution in [1.82, 2.24) is 5.16 Å². The number of nitrogens with one attached hydrogen (secondary N) is 1. The molecule has 6 nitrogen and oxygen atoms in total. The van der Waals surface area contributed by atoms with Crippen molar-refractivity contribution in [2.45, 2.75) is 6.92 Å². The van der Waals surface area contributed by atoms with Crippen LogP contribution in [0.1, 0.15) is 27.8 Å². The molecule has 0 unspecified atom stereocenters. The molecule has 3 aromatic rings. The molecule has 2 aromatic carbocycles. The van der Waals surface area contributed by atoms with Gasteiger partial charge in [0.05, 0.1) is 12.2 Å². The van der Waals surface area contributed by atoms with Crippen molar-refractivity contribution >= 4 is 29.2 Å². The lowest BCUT2D eigenvalue weighted by Gasteiger charge is -2.05. The lowest BCUT2D eigenvalue weighted by Crippen LogP contribution is -2.12. The Bertz CT molecular complexity index is 917. The minimum Gasteiger partial charge on any atom is -0.462 e. The molecule has 0 saturated heterocycles. The zero-order valence-corrected chi connectivity index (χ0v) is 14.6. The fourth-order valence-electron chi connectivity index (χ4n) is 2.23. The summed E-state index contributed by atoms with van der Waals surface area (Å²) in [6, 6.07) is 14.9. The number of hydrogen-bond acceptors (Lipinski definition) is 5. The molecule has 1 aromatic heterocycles. The third-order valence-electron chi connectivity index (χ3n) is 3.53. The first-order chi connectivity index (χ1) is 12.6. The topological polar surface area (TPSA) is 81.4 Å². The van der Waals surface area contributed by atoms with E-state index in [-0.39, 0.29) is 5.69 Å². The fourth-order valence-corrected chi connectivity index (χ4v) is 2.36. The number of ether oxygens (including phenoxy) is 1. The lowest BCUT2D eigenvalue weighted by molar-refractivity contribution is 0.0526. The van der Waals surface area contributed by atoms with E-state index >= 15 is 0 Å². The Labute approximate surface area is 154 Å². The number of carbonyl (C=O) groups excluding carboxylic acids is 2. The molecule has 1 heterocycles. The number of anilines is 1. The second-order valence-electron chi connectivity index (χ2n) is 5.34. The molecule has 0 saturated carbocycles. The third kappa shape index (κ3) is 4.10. The lowest BCUT2D eigenvalue weighted by atomic mass is 10.1. The zero-order chi connectivity index (χ0) is 18.5. The van der Waals surface area contributed by atoms with Crippen molar-refractivity contribution in [1.29, 1.82) is 0 Å². The van der Waals surface area contributed by atoms with Crippen LogP contribution in [0.3, 0.4) is 0 Å². The van der Waals surface area contributed by atoms with Gasteiger partial charge in [-0.15, -0.1) is 0 Å². The minimum absolute atomic E-state index is 0.143. The first kappa shape index (κ1) is 17.7. The molecule has 1 amide bonds. The van der Waals surface area contributed by atoms with E-state index in [0.717, 1.165) is 5.56 Å². The van der Waals surface area contributed by atoms with Gasteiger partial charge in [-0.1, -0.05) is 16.8 Å². The molecule has 0 aliphatic rings. The number of benzene rings is 2. The van der Waals surface area contributed by atoms with Crippen molar-refractivity contribution in [3.05, 3.63) is 70.9 Å². The molecule has 0 spiro atoms. The summed E-state index contributed by atoms with van der Waals surface area (Å²) in [7, 11) is 0. The molecule has 3 rings (SSSR count). The van der Waals surface area contributed by atoms with E-state index in [0.29, 0.717) is 28.6 Å². The van der Waals surface area contributed by atoms with Crippen LogP contribution in [0.2, 0.25) is 5.02 Å². The SMILES string of the molecule is CCOC(=O)c1ccc(NC(=O)c2cc(-c3ccc(Cl)cc3)on2)cc1. The van der Waals surface area contributed by atoms with E-state index in [9.17, 15) is 9.59 Å². The Kier molecular flexibility index (Phi) is 5.34. The standard InChI is InChI=1S/C19H15ClN2O4/c1-2-25-19(24)13-5-9-15(10-6-13)21-18(23)16-11-17(26-22-16)12-3-7-14(20)8-4-12/h3-11H,2H2,1H3,(H,21,23). The molecule has 0 aliphatic carbocycles. The number of hydrogen-bond donors (Lipinski definition) is 1. The summed E-state index contributed by atoms with van der Waals surface area (Å²) in [5, 5.41) is 7.09. The van der Waals surface area contributed by atoms with Crippen molar-refractivity contribution in [2.75, 3.05) is 11.9 Å². The molecule has 0 bridgehead atoms. The average molecular weight is 371 g/mol. The number of esters is 1. The molecule has 0 fully saturated rings. The van der Waals surface area contributed by atoms with Crippen molar-refractivity contribution < 1.29 is 18.8 Å². The summed E-state index contributed by atoms with van der Waals surface area (Å²) >= 11 is 5.85. The molecule has 0 aliphatic heterocycles. The van der Waals surface area contributed by atoms with Crippen molar-refractivity contribution in [2.24, 2.45) is 0 Å². The first-order valence-electron chi connectivity index (χ1n) is 7.88. The number of aromatic nitrogens is 1. The van der Waals surface area contributed by atoms with Crippen molar-refractivity contribution in [3.63, 3.8) is 0 Å². The van der Waals surface area contributed by atoms with Crippen LogP contribution < -0.4 is 5.32 Å². The van der Waals surface area contributed by atoms with Gasteiger partial charge in [0.15, 0.2) is 11.5 Å². The number of halogens is 1. The Morgan fingerprint density at radius 3 is 2.46 bits per heavy atom. The normalized spacial score (nSPS) is 10.4. The quantitative estimate of drug-likeness (QED) is 0.672. The maximum Gasteiger partial charge on any atom is 0.338 e. The Morgan fingerprint density at radius 2 is 1.81 bits per heavy atom. The van der Waals surface area contributed by atoms with Gasteiger partial charge in [0, 0.05) is 22.3 Å². The highest BCUT2D eigenvalue weighted by Crippen LogP contribution is 2.22. The van der Waals surface area contributed by atoms with E-state index in [1.807, 2.05) is 0 Å². The summed E-state index contributed by atoms with van der Waals surface area (Å²) in [4.78, 5) is 23.9. The molecule has 7 heteroatoms. The van der Waals surface area contributed by atoms with Gasteiger partial charge >= 0.3 is 5.97 Å². The summed E-state index contributed by atoms with van der Waals surface area (Å²) < 4.78 is 10.1. The van der Waals surface area contributed by atoms with Gasteiger partial charge in [-0.2, -0.15) is 0 Å². The highest BCUT2D eigenvalue weighted by molar-refractivity contribution is 6.30. The predicted octanol–water partition coefficient (Wildman–Crippen LogP) is 4.42. The number of nitrogens with zero attached hydrogens (tertiary/aromatic N) is 1. The van der Waals surface area contributed by atoms with Gasteiger partial charge < -0.3 is 14.6 Å². The Morgan fingerprint density at radius 1 is 1.12 bits per heavy atom. The van der Waals surface area contributed by atoms with Gasteiger partial charge in [0.1, 0.15) is 0 Å². The van der Waals surface area contributed by atoms with Gasteiger partial charge in [-0.05, 0) is 55.5 Å². The van der Waals surface area contributed by atoms with Crippen LogP contribution in [0.4, 0.5) is 5.69 Å². The monoisotopic (exact) mass is 370 g/mol. The van der Waals surface area contributed by atoms with Crippen LogP contribution >= 0.6 is 11.6 Å². The molecule has 0 atom stereocenters. The van der Waals surface area contributed by atoms with Crippen LogP contribution in [0, 0.1) is 0 Å². The minimum atomic E-state index is -0.419. The second-order valence-corrected chi connectivity index (χ2v) is 5.77. The van der Waals surface area contributed by atoms with E-state index in [1.54, 1.807) is 61.5 Å². The highest BCUT2D eigenvalue weighted by atomic mass is 35.5. The van der Waals surface area contributed by atoms with Crippen LogP contribution in [0.25, 0.3) is 11.3 Å². The zero-order valence-electron chi connectivity index (χ0n) is 13.9. The average Bonchev–Trinajstić information content (AvgIpc) is 3.13. The molecular weight excluding hydrogens is 356 g/mol. The molecule has 0 radical (unpaired) electrons. The number of rotatable bonds is 5. The summed E-state index contributed by atoms with van der Waals surface area (Å²) in [6.45, 7) is 2.04. The summed E-state index contributed by atoms with van der Waals surface area (Å²) in [5.41, 5.74) is 1.85. The molecule has 26 heavy (non-hydrogen) atoms. The van der Waals surface area contributed by atoms with Crippen LogP contribution in [-0.2, 0) is 4.74 Å². The Hall–Kier alpha value is -3.12. The number of amides is 1.